The molecule has 0 spiro atoms. The average molecular weight is 377 g/mol. The Morgan fingerprint density at radius 2 is 2.04 bits per heavy atom. The highest BCUT2D eigenvalue weighted by molar-refractivity contribution is 7.99. The van der Waals surface area contributed by atoms with E-state index in [1.54, 1.807) is 31.4 Å². The van der Waals surface area contributed by atoms with Crippen molar-refractivity contribution in [2.24, 2.45) is 0 Å². The first-order valence-corrected chi connectivity index (χ1v) is 9.17. The monoisotopic (exact) mass is 376 g/mol. The minimum atomic E-state index is -1.40. The van der Waals surface area contributed by atoms with Crippen LogP contribution >= 0.6 is 23.4 Å². The van der Waals surface area contributed by atoms with Crippen molar-refractivity contribution < 1.29 is 24.9 Å². The third kappa shape index (κ3) is 4.19. The lowest BCUT2D eigenvalue weighted by Gasteiger charge is -2.43. The Hall–Kier alpha value is -0.900. The molecule has 24 heavy (non-hydrogen) atoms. The minimum Gasteiger partial charge on any atom is -0.388 e. The molecule has 2 rings (SSSR count). The van der Waals surface area contributed by atoms with Gasteiger partial charge in [-0.3, -0.25) is 9.78 Å². The number of nitrogens with one attached hydrogen (secondary N) is 1. The number of pyridine rings is 1. The third-order valence-electron chi connectivity index (χ3n) is 3.88. The predicted molar refractivity (Wildman–Crippen MR) is 91.0 cm³/mol. The highest BCUT2D eigenvalue weighted by Crippen LogP contribution is 2.30. The standard InChI is InChI=1S/C15H21ClN2O5S/c1-7(16)9(18-14(22)8-5-3-4-6-17-8)13-11(20)10(19)12(21)15(23-13)24-2/h3-7,9-13,15,19-21H,1-2H3,(H,18,22). The number of aromatic nitrogens is 1. The Morgan fingerprint density at radius 1 is 1.33 bits per heavy atom. The minimum absolute atomic E-state index is 0.201. The average Bonchev–Trinajstić information content (AvgIpc) is 2.59. The van der Waals surface area contributed by atoms with Gasteiger partial charge in [0.25, 0.3) is 5.91 Å². The molecule has 1 aromatic rings. The van der Waals surface area contributed by atoms with Gasteiger partial charge in [0.1, 0.15) is 35.5 Å². The summed E-state index contributed by atoms with van der Waals surface area (Å²) in [6, 6.07) is 4.13. The largest absolute Gasteiger partial charge is 0.388 e. The summed E-state index contributed by atoms with van der Waals surface area (Å²) in [7, 11) is 0. The van der Waals surface area contributed by atoms with Crippen LogP contribution in [-0.2, 0) is 4.74 Å². The van der Waals surface area contributed by atoms with Gasteiger partial charge in [-0.15, -0.1) is 23.4 Å². The van der Waals surface area contributed by atoms with Crippen LogP contribution in [0.15, 0.2) is 24.4 Å². The van der Waals surface area contributed by atoms with E-state index in [4.69, 9.17) is 16.3 Å². The number of hydrogen-bond acceptors (Lipinski definition) is 7. The highest BCUT2D eigenvalue weighted by Gasteiger charge is 2.47. The van der Waals surface area contributed by atoms with Gasteiger partial charge in [0, 0.05) is 6.20 Å². The number of aliphatic hydroxyl groups excluding tert-OH is 3. The van der Waals surface area contributed by atoms with E-state index in [0.29, 0.717) is 0 Å². The van der Waals surface area contributed by atoms with Crippen LogP contribution in [-0.4, -0.2) is 73.7 Å². The van der Waals surface area contributed by atoms with E-state index < -0.39 is 47.2 Å². The molecule has 9 heteroatoms. The van der Waals surface area contributed by atoms with Gasteiger partial charge in [-0.2, -0.15) is 0 Å². The topological polar surface area (TPSA) is 112 Å². The highest BCUT2D eigenvalue weighted by atomic mass is 35.5. The third-order valence-corrected chi connectivity index (χ3v) is 5.01. The van der Waals surface area contributed by atoms with Crippen molar-refractivity contribution in [3.63, 3.8) is 0 Å². The van der Waals surface area contributed by atoms with Crippen LogP contribution in [0.5, 0.6) is 0 Å². The maximum absolute atomic E-state index is 12.3. The van der Waals surface area contributed by atoms with E-state index in [9.17, 15) is 20.1 Å². The number of ether oxygens (including phenoxy) is 1. The summed E-state index contributed by atoms with van der Waals surface area (Å²) in [6.45, 7) is 1.65. The lowest BCUT2D eigenvalue weighted by molar-refractivity contribution is -0.204. The van der Waals surface area contributed by atoms with Crippen LogP contribution in [0, 0.1) is 0 Å². The van der Waals surface area contributed by atoms with Gasteiger partial charge in [-0.25, -0.2) is 0 Å². The Kier molecular flexibility index (Phi) is 6.85. The Morgan fingerprint density at radius 3 is 2.58 bits per heavy atom. The lowest BCUT2D eigenvalue weighted by Crippen LogP contribution is -2.64. The predicted octanol–water partition coefficient (Wildman–Crippen LogP) is -0.0221. The summed E-state index contributed by atoms with van der Waals surface area (Å²) in [4.78, 5) is 16.3. The number of rotatable bonds is 5. The van der Waals surface area contributed by atoms with Crippen molar-refractivity contribution in [1.29, 1.82) is 0 Å². The normalized spacial score (nSPS) is 32.8. The fraction of sp³-hybridized carbons (Fsp3) is 0.600. The zero-order chi connectivity index (χ0) is 17.9. The van der Waals surface area contributed by atoms with Gasteiger partial charge >= 0.3 is 0 Å². The molecule has 1 aromatic heterocycles. The van der Waals surface area contributed by atoms with Crippen molar-refractivity contribution in [2.75, 3.05) is 6.26 Å². The first-order chi connectivity index (χ1) is 11.4. The van der Waals surface area contributed by atoms with Crippen molar-refractivity contribution in [2.45, 2.75) is 48.2 Å². The molecule has 0 bridgehead atoms. The molecule has 1 saturated heterocycles. The molecule has 1 aliphatic heterocycles. The van der Waals surface area contributed by atoms with Crippen LogP contribution in [0.4, 0.5) is 0 Å². The van der Waals surface area contributed by atoms with Gasteiger partial charge in [0.2, 0.25) is 0 Å². The summed E-state index contributed by atoms with van der Waals surface area (Å²) in [5.41, 5.74) is -0.537. The zero-order valence-corrected chi connectivity index (χ0v) is 14.8. The number of carbonyl (C=O) groups is 1. The zero-order valence-electron chi connectivity index (χ0n) is 13.2. The number of amides is 1. The number of nitrogens with zero attached hydrogens (tertiary/aromatic N) is 1. The van der Waals surface area contributed by atoms with Crippen LogP contribution in [0.3, 0.4) is 0 Å². The number of aliphatic hydroxyl groups is 3. The number of halogens is 1. The quantitative estimate of drug-likeness (QED) is 0.534. The lowest BCUT2D eigenvalue weighted by atomic mass is 9.93. The molecule has 1 aliphatic rings. The van der Waals surface area contributed by atoms with Gasteiger partial charge in [-0.05, 0) is 25.3 Å². The molecule has 0 saturated carbocycles. The first-order valence-electron chi connectivity index (χ1n) is 7.45. The number of alkyl halides is 1. The molecule has 1 fully saturated rings. The second kappa shape index (κ2) is 8.46. The van der Waals surface area contributed by atoms with E-state index in [2.05, 4.69) is 10.3 Å². The molecule has 7 unspecified atom stereocenters. The fourth-order valence-corrected chi connectivity index (χ4v) is 3.43. The van der Waals surface area contributed by atoms with Crippen LogP contribution < -0.4 is 5.32 Å². The van der Waals surface area contributed by atoms with Gasteiger partial charge in [-0.1, -0.05) is 6.07 Å². The molecule has 0 aromatic carbocycles. The maximum Gasteiger partial charge on any atom is 0.270 e. The van der Waals surface area contributed by atoms with E-state index >= 15 is 0 Å². The van der Waals surface area contributed by atoms with Gasteiger partial charge in [0.15, 0.2) is 0 Å². The molecule has 134 valence electrons. The summed E-state index contributed by atoms with van der Waals surface area (Å²) >= 11 is 7.37. The second-order valence-electron chi connectivity index (χ2n) is 5.57. The van der Waals surface area contributed by atoms with E-state index in [1.807, 2.05) is 0 Å². The molecule has 1 amide bonds. The summed E-state index contributed by atoms with van der Waals surface area (Å²) in [6.07, 6.45) is -1.79. The van der Waals surface area contributed by atoms with Crippen LogP contribution in [0.1, 0.15) is 17.4 Å². The number of hydrogen-bond donors (Lipinski definition) is 4. The van der Waals surface area contributed by atoms with Crippen molar-refractivity contribution in [1.82, 2.24) is 10.3 Å². The molecule has 4 N–H and O–H groups in total. The first kappa shape index (κ1) is 19.4. The molecule has 2 heterocycles. The SMILES string of the molecule is CSC1OC(C(NC(=O)c2ccccn2)C(C)Cl)C(O)C(O)C1O. The molecule has 7 nitrogen and oxygen atoms in total. The summed E-state index contributed by atoms with van der Waals surface area (Å²) < 4.78 is 5.67. The Bertz CT molecular complexity index is 548. The van der Waals surface area contributed by atoms with Crippen molar-refractivity contribution >= 4 is 29.3 Å². The summed E-state index contributed by atoms with van der Waals surface area (Å²) in [5, 5.41) is 32.3. The smallest absolute Gasteiger partial charge is 0.270 e. The van der Waals surface area contributed by atoms with E-state index in [1.165, 1.54) is 18.0 Å². The Balaban J connectivity index is 2.18. The molecular weight excluding hydrogens is 356 g/mol. The Labute approximate surface area is 149 Å². The van der Waals surface area contributed by atoms with E-state index in [-0.39, 0.29) is 5.69 Å². The maximum atomic E-state index is 12.3. The fourth-order valence-electron chi connectivity index (χ4n) is 2.55. The van der Waals surface area contributed by atoms with E-state index in [0.717, 1.165) is 0 Å². The molecule has 0 aliphatic carbocycles. The van der Waals surface area contributed by atoms with Gasteiger partial charge in [0.05, 0.1) is 11.4 Å². The second-order valence-corrected chi connectivity index (χ2v) is 7.19. The summed E-state index contributed by atoms with van der Waals surface area (Å²) in [5.74, 6) is -0.467. The molecular formula is C15H21ClN2O5S. The number of thioether (sulfide) groups is 1. The molecule has 7 atom stereocenters. The molecule has 0 radical (unpaired) electrons. The van der Waals surface area contributed by atoms with Crippen molar-refractivity contribution in [3.8, 4) is 0 Å². The van der Waals surface area contributed by atoms with Gasteiger partial charge < -0.3 is 25.4 Å². The van der Waals surface area contributed by atoms with Crippen LogP contribution in [0.25, 0.3) is 0 Å². The van der Waals surface area contributed by atoms with Crippen molar-refractivity contribution in [3.05, 3.63) is 30.1 Å². The van der Waals surface area contributed by atoms with Crippen LogP contribution in [0.2, 0.25) is 0 Å². The number of carbonyl (C=O) groups excluding carboxylic acids is 1.